The van der Waals surface area contributed by atoms with E-state index >= 15 is 0 Å². The lowest BCUT2D eigenvalue weighted by molar-refractivity contribution is -0.140. The number of aliphatic carboxylic acids is 1. The number of carboxylic acids is 1. The Hall–Kier alpha value is -1.39. The van der Waals surface area contributed by atoms with Crippen LogP contribution in [0.25, 0.3) is 0 Å². The molecular weight excluding hydrogens is 134 g/mol. The molecule has 0 aliphatic heterocycles. The zero-order valence-corrected chi connectivity index (χ0v) is 5.43. The minimum atomic E-state index is -0.912. The highest BCUT2D eigenvalue weighted by Gasteiger charge is 2.12. The van der Waals surface area contributed by atoms with E-state index in [1.807, 2.05) is 0 Å². The fourth-order valence-corrected chi connectivity index (χ4v) is 0.531. The van der Waals surface area contributed by atoms with E-state index in [1.165, 1.54) is 24.3 Å². The maximum absolute atomic E-state index is 10.3. The van der Waals surface area contributed by atoms with Gasteiger partial charge < -0.3 is 5.11 Å². The van der Waals surface area contributed by atoms with E-state index in [9.17, 15) is 4.79 Å². The van der Waals surface area contributed by atoms with Crippen LogP contribution >= 0.6 is 0 Å². The molecule has 1 unspecified atom stereocenters. The van der Waals surface area contributed by atoms with Gasteiger partial charge in [0.15, 0.2) is 0 Å². The fourth-order valence-electron chi connectivity index (χ4n) is 0.531. The highest BCUT2D eigenvalue weighted by atomic mass is 16.4. The van der Waals surface area contributed by atoms with Gasteiger partial charge >= 0.3 is 5.97 Å². The largest absolute Gasteiger partial charge is 0.480 e. The van der Waals surface area contributed by atoms with E-state index in [-0.39, 0.29) is 0 Å². The van der Waals surface area contributed by atoms with Crippen LogP contribution in [0.4, 0.5) is 0 Å². The highest BCUT2D eigenvalue weighted by molar-refractivity contribution is 5.71. The summed E-state index contributed by atoms with van der Waals surface area (Å²) in [6.07, 6.45) is 2.68. The molecule has 0 amide bonds. The number of rotatable bonds is 2. The number of aromatic nitrogens is 3. The Kier molecular flexibility index (Phi) is 1.66. The average molecular weight is 141 g/mol. The standard InChI is InChI=1S/C5H7N3O2/c1-4(5(9)10)8-3-6-2-7-8/h2-4H,1H3,(H,9,10). The second-order valence-corrected chi connectivity index (χ2v) is 1.89. The third-order valence-corrected chi connectivity index (χ3v) is 1.19. The zero-order chi connectivity index (χ0) is 7.56. The van der Waals surface area contributed by atoms with E-state index in [0.717, 1.165) is 0 Å². The topological polar surface area (TPSA) is 68.0 Å². The lowest BCUT2D eigenvalue weighted by Gasteiger charge is -2.03. The molecule has 1 aromatic heterocycles. The number of nitrogens with zero attached hydrogens (tertiary/aromatic N) is 3. The Morgan fingerprint density at radius 3 is 2.90 bits per heavy atom. The lowest BCUT2D eigenvalue weighted by Crippen LogP contribution is -2.15. The summed E-state index contributed by atoms with van der Waals surface area (Å²) < 4.78 is 1.28. The van der Waals surface area contributed by atoms with Crippen molar-refractivity contribution in [3.63, 3.8) is 0 Å². The van der Waals surface area contributed by atoms with Crippen molar-refractivity contribution in [2.75, 3.05) is 0 Å². The molecule has 5 nitrogen and oxygen atoms in total. The second-order valence-electron chi connectivity index (χ2n) is 1.89. The van der Waals surface area contributed by atoms with Gasteiger partial charge in [-0.3, -0.25) is 0 Å². The van der Waals surface area contributed by atoms with Gasteiger partial charge in [-0.15, -0.1) is 0 Å². The molecule has 0 saturated heterocycles. The number of carbonyl (C=O) groups is 1. The van der Waals surface area contributed by atoms with Crippen LogP contribution in [0.3, 0.4) is 0 Å². The third kappa shape index (κ3) is 1.12. The van der Waals surface area contributed by atoms with Gasteiger partial charge in [-0.05, 0) is 6.92 Å². The average Bonchev–Trinajstić information content (AvgIpc) is 2.36. The van der Waals surface area contributed by atoms with Gasteiger partial charge in [0.2, 0.25) is 0 Å². The fraction of sp³-hybridized carbons (Fsp3) is 0.400. The van der Waals surface area contributed by atoms with Gasteiger partial charge in [0.1, 0.15) is 18.7 Å². The molecule has 0 aliphatic rings. The molecule has 0 aliphatic carbocycles. The molecule has 10 heavy (non-hydrogen) atoms. The molecule has 5 heteroatoms. The van der Waals surface area contributed by atoms with Crippen molar-refractivity contribution in [3.05, 3.63) is 12.7 Å². The molecule has 0 aromatic carbocycles. The highest BCUT2D eigenvalue weighted by Crippen LogP contribution is 1.99. The number of hydrogen-bond acceptors (Lipinski definition) is 3. The summed E-state index contributed by atoms with van der Waals surface area (Å²) in [5.41, 5.74) is 0. The SMILES string of the molecule is CC(C(=O)O)n1cncn1. The van der Waals surface area contributed by atoms with Crippen LogP contribution in [-0.4, -0.2) is 25.8 Å². The summed E-state index contributed by atoms with van der Waals surface area (Å²) in [5.74, 6) is -0.912. The summed E-state index contributed by atoms with van der Waals surface area (Å²) in [4.78, 5) is 13.9. The van der Waals surface area contributed by atoms with Gasteiger partial charge in [-0.2, -0.15) is 5.10 Å². The Morgan fingerprint density at radius 1 is 1.80 bits per heavy atom. The minimum absolute atomic E-state index is 0.637. The van der Waals surface area contributed by atoms with Crippen LogP contribution in [0.5, 0.6) is 0 Å². The molecule has 0 radical (unpaired) electrons. The molecule has 0 fully saturated rings. The van der Waals surface area contributed by atoms with Crippen molar-refractivity contribution in [3.8, 4) is 0 Å². The van der Waals surface area contributed by atoms with Crippen molar-refractivity contribution in [1.29, 1.82) is 0 Å². The molecule has 1 aromatic rings. The minimum Gasteiger partial charge on any atom is -0.480 e. The first-order valence-corrected chi connectivity index (χ1v) is 2.78. The molecular formula is C5H7N3O2. The van der Waals surface area contributed by atoms with Gasteiger partial charge in [0.05, 0.1) is 0 Å². The first kappa shape index (κ1) is 6.73. The third-order valence-electron chi connectivity index (χ3n) is 1.19. The van der Waals surface area contributed by atoms with Crippen LogP contribution < -0.4 is 0 Å². The van der Waals surface area contributed by atoms with E-state index in [0.29, 0.717) is 0 Å². The number of hydrogen-bond donors (Lipinski definition) is 1. The summed E-state index contributed by atoms with van der Waals surface area (Å²) in [6, 6.07) is -0.637. The maximum Gasteiger partial charge on any atom is 0.328 e. The number of carboxylic acid groups (broad SMARTS) is 1. The van der Waals surface area contributed by atoms with Crippen LogP contribution in [0.15, 0.2) is 12.7 Å². The quantitative estimate of drug-likeness (QED) is 0.625. The Labute approximate surface area is 57.3 Å². The van der Waals surface area contributed by atoms with Gasteiger partial charge in [0.25, 0.3) is 0 Å². The predicted octanol–water partition coefficient (Wildman–Crippen LogP) is -0.0763. The molecule has 0 bridgehead atoms. The Morgan fingerprint density at radius 2 is 2.50 bits per heavy atom. The first-order chi connectivity index (χ1) is 4.72. The van der Waals surface area contributed by atoms with Gasteiger partial charge in [0, 0.05) is 0 Å². The van der Waals surface area contributed by atoms with Crippen LogP contribution in [0.1, 0.15) is 13.0 Å². The molecule has 1 rings (SSSR count). The lowest BCUT2D eigenvalue weighted by atomic mass is 10.4. The van der Waals surface area contributed by atoms with Crippen molar-refractivity contribution in [2.45, 2.75) is 13.0 Å². The summed E-state index contributed by atoms with van der Waals surface area (Å²) in [5, 5.41) is 12.1. The van der Waals surface area contributed by atoms with Gasteiger partial charge in [-0.25, -0.2) is 14.5 Å². The zero-order valence-electron chi connectivity index (χ0n) is 5.43. The Balaban J connectivity index is 2.77. The van der Waals surface area contributed by atoms with E-state index in [2.05, 4.69) is 10.1 Å². The normalized spacial score (nSPS) is 12.9. The smallest absolute Gasteiger partial charge is 0.328 e. The van der Waals surface area contributed by atoms with Crippen molar-refractivity contribution in [2.24, 2.45) is 0 Å². The van der Waals surface area contributed by atoms with Crippen molar-refractivity contribution >= 4 is 5.97 Å². The molecule has 0 saturated carbocycles. The van der Waals surface area contributed by atoms with Crippen LogP contribution in [0.2, 0.25) is 0 Å². The summed E-state index contributed by atoms with van der Waals surface area (Å²) >= 11 is 0. The van der Waals surface area contributed by atoms with E-state index in [1.54, 1.807) is 0 Å². The van der Waals surface area contributed by atoms with Crippen molar-refractivity contribution in [1.82, 2.24) is 14.8 Å². The van der Waals surface area contributed by atoms with Crippen molar-refractivity contribution < 1.29 is 9.90 Å². The predicted molar refractivity (Wildman–Crippen MR) is 32.4 cm³/mol. The molecule has 1 heterocycles. The molecule has 54 valence electrons. The first-order valence-electron chi connectivity index (χ1n) is 2.78. The second kappa shape index (κ2) is 2.47. The Bertz CT molecular complexity index is 219. The van der Waals surface area contributed by atoms with E-state index in [4.69, 9.17) is 5.11 Å². The summed E-state index contributed by atoms with van der Waals surface area (Å²) in [6.45, 7) is 1.54. The maximum atomic E-state index is 10.3. The van der Waals surface area contributed by atoms with Crippen LogP contribution in [-0.2, 0) is 4.79 Å². The van der Waals surface area contributed by atoms with Crippen LogP contribution in [0, 0.1) is 0 Å². The van der Waals surface area contributed by atoms with E-state index < -0.39 is 12.0 Å². The monoisotopic (exact) mass is 141 g/mol. The molecule has 1 N–H and O–H groups in total. The van der Waals surface area contributed by atoms with Gasteiger partial charge in [-0.1, -0.05) is 0 Å². The molecule has 0 spiro atoms. The summed E-state index contributed by atoms with van der Waals surface area (Å²) in [7, 11) is 0. The molecule has 1 atom stereocenters.